The standard InChI is InChI=1S/C21H24N6O2S/c1-14-3-4-16(11-15(14)2)24-21(29)25-18(28)12-26-6-8-27(9-7-26)19-17-5-10-30-20(17)23-13-22-19/h3-5,10-11,13H,6-9,12H2,1-2H3,(H2,24,25,28,29). The predicted octanol–water partition coefficient (Wildman–Crippen LogP) is 2.78. The van der Waals surface area contributed by atoms with Gasteiger partial charge in [-0.3, -0.25) is 15.0 Å². The summed E-state index contributed by atoms with van der Waals surface area (Å²) in [5.41, 5.74) is 2.90. The first kappa shape index (κ1) is 20.2. The number of anilines is 2. The minimum Gasteiger partial charge on any atom is -0.353 e. The summed E-state index contributed by atoms with van der Waals surface area (Å²) in [6.45, 7) is 7.16. The molecule has 0 saturated carbocycles. The van der Waals surface area contributed by atoms with Crippen molar-refractivity contribution in [2.24, 2.45) is 0 Å². The molecule has 1 aromatic carbocycles. The molecule has 0 spiro atoms. The number of imide groups is 1. The summed E-state index contributed by atoms with van der Waals surface area (Å²) in [4.78, 5) is 38.4. The lowest BCUT2D eigenvalue weighted by molar-refractivity contribution is -0.121. The van der Waals surface area contributed by atoms with Crippen LogP contribution in [0.1, 0.15) is 11.1 Å². The number of nitrogens with zero attached hydrogens (tertiary/aromatic N) is 4. The molecule has 0 atom stereocenters. The fraction of sp³-hybridized carbons (Fsp3) is 0.333. The van der Waals surface area contributed by atoms with Crippen LogP contribution in [0.15, 0.2) is 36.0 Å². The lowest BCUT2D eigenvalue weighted by atomic mass is 10.1. The van der Waals surface area contributed by atoms with Crippen molar-refractivity contribution < 1.29 is 9.59 Å². The zero-order valence-electron chi connectivity index (χ0n) is 17.0. The van der Waals surface area contributed by atoms with Crippen molar-refractivity contribution in [3.63, 3.8) is 0 Å². The Kier molecular flexibility index (Phi) is 5.91. The third kappa shape index (κ3) is 4.58. The van der Waals surface area contributed by atoms with Gasteiger partial charge in [0.25, 0.3) is 0 Å². The number of rotatable bonds is 4. The molecule has 2 aromatic heterocycles. The van der Waals surface area contributed by atoms with Crippen LogP contribution in [0.4, 0.5) is 16.3 Å². The number of piperazine rings is 1. The monoisotopic (exact) mass is 424 g/mol. The number of hydrogen-bond donors (Lipinski definition) is 2. The number of fused-ring (bicyclic) bond motifs is 1. The van der Waals surface area contributed by atoms with Crippen LogP contribution in [0.25, 0.3) is 10.2 Å². The minimum atomic E-state index is -0.511. The number of hydrogen-bond acceptors (Lipinski definition) is 7. The second-order valence-electron chi connectivity index (χ2n) is 7.40. The largest absolute Gasteiger partial charge is 0.353 e. The summed E-state index contributed by atoms with van der Waals surface area (Å²) in [6, 6.07) is 7.18. The second kappa shape index (κ2) is 8.76. The fourth-order valence-corrected chi connectivity index (χ4v) is 4.22. The zero-order valence-corrected chi connectivity index (χ0v) is 17.8. The fourth-order valence-electron chi connectivity index (χ4n) is 3.50. The number of aromatic nitrogens is 2. The molecule has 156 valence electrons. The number of urea groups is 1. The van der Waals surface area contributed by atoms with E-state index in [0.717, 1.165) is 53.3 Å². The van der Waals surface area contributed by atoms with Crippen LogP contribution in [0.5, 0.6) is 0 Å². The van der Waals surface area contributed by atoms with E-state index >= 15 is 0 Å². The molecule has 0 radical (unpaired) electrons. The van der Waals surface area contributed by atoms with Gasteiger partial charge < -0.3 is 10.2 Å². The maximum absolute atomic E-state index is 12.3. The Bertz CT molecular complexity index is 1070. The first-order valence-electron chi connectivity index (χ1n) is 9.83. The van der Waals surface area contributed by atoms with Gasteiger partial charge in [0, 0.05) is 31.9 Å². The number of amides is 3. The van der Waals surface area contributed by atoms with Crippen LogP contribution in [0.3, 0.4) is 0 Å². The van der Waals surface area contributed by atoms with Crippen molar-refractivity contribution in [2.75, 3.05) is 42.9 Å². The van der Waals surface area contributed by atoms with E-state index in [1.165, 1.54) is 0 Å². The lowest BCUT2D eigenvalue weighted by Gasteiger charge is -2.35. The number of aryl methyl sites for hydroxylation is 2. The summed E-state index contributed by atoms with van der Waals surface area (Å²) < 4.78 is 0. The summed E-state index contributed by atoms with van der Waals surface area (Å²) >= 11 is 1.60. The number of benzene rings is 1. The van der Waals surface area contributed by atoms with E-state index in [2.05, 4.69) is 25.5 Å². The van der Waals surface area contributed by atoms with Crippen LogP contribution in [0, 0.1) is 13.8 Å². The highest BCUT2D eigenvalue weighted by molar-refractivity contribution is 7.16. The summed E-state index contributed by atoms with van der Waals surface area (Å²) in [5, 5.41) is 8.21. The van der Waals surface area contributed by atoms with Gasteiger partial charge in [-0.05, 0) is 48.6 Å². The van der Waals surface area contributed by atoms with Gasteiger partial charge in [0.05, 0.1) is 11.9 Å². The summed E-state index contributed by atoms with van der Waals surface area (Å²) in [6.07, 6.45) is 1.60. The average molecular weight is 425 g/mol. The van der Waals surface area contributed by atoms with E-state index in [1.807, 2.05) is 48.4 Å². The first-order valence-corrected chi connectivity index (χ1v) is 10.7. The van der Waals surface area contributed by atoms with E-state index in [0.29, 0.717) is 5.69 Å². The molecule has 2 N–H and O–H groups in total. The molecular weight excluding hydrogens is 400 g/mol. The molecule has 1 aliphatic rings. The third-order valence-electron chi connectivity index (χ3n) is 5.30. The van der Waals surface area contributed by atoms with E-state index < -0.39 is 6.03 Å². The highest BCUT2D eigenvalue weighted by Crippen LogP contribution is 2.27. The third-order valence-corrected chi connectivity index (χ3v) is 6.12. The maximum atomic E-state index is 12.3. The molecule has 0 bridgehead atoms. The topological polar surface area (TPSA) is 90.5 Å². The zero-order chi connectivity index (χ0) is 21.1. The number of thiophene rings is 1. The van der Waals surface area contributed by atoms with Crippen molar-refractivity contribution in [1.29, 1.82) is 0 Å². The molecular formula is C21H24N6O2S. The second-order valence-corrected chi connectivity index (χ2v) is 8.30. The quantitative estimate of drug-likeness (QED) is 0.669. The molecule has 3 aromatic rings. The Labute approximate surface area is 178 Å². The average Bonchev–Trinajstić information content (AvgIpc) is 3.20. The molecule has 4 rings (SSSR count). The van der Waals surface area contributed by atoms with Gasteiger partial charge in [-0.15, -0.1) is 11.3 Å². The molecule has 3 heterocycles. The van der Waals surface area contributed by atoms with Crippen molar-refractivity contribution in [3.05, 3.63) is 47.1 Å². The van der Waals surface area contributed by atoms with Gasteiger partial charge in [0.2, 0.25) is 5.91 Å². The van der Waals surface area contributed by atoms with E-state index in [4.69, 9.17) is 0 Å². The van der Waals surface area contributed by atoms with Gasteiger partial charge in [-0.1, -0.05) is 6.07 Å². The SMILES string of the molecule is Cc1ccc(NC(=O)NC(=O)CN2CCN(c3ncnc4sccc34)CC2)cc1C. The highest BCUT2D eigenvalue weighted by Gasteiger charge is 2.22. The first-order chi connectivity index (χ1) is 14.5. The van der Waals surface area contributed by atoms with E-state index in [-0.39, 0.29) is 12.5 Å². The number of nitrogens with one attached hydrogen (secondary N) is 2. The van der Waals surface area contributed by atoms with Crippen molar-refractivity contribution >= 4 is 45.0 Å². The smallest absolute Gasteiger partial charge is 0.325 e. The predicted molar refractivity (Wildman–Crippen MR) is 119 cm³/mol. The van der Waals surface area contributed by atoms with E-state index in [9.17, 15) is 9.59 Å². The van der Waals surface area contributed by atoms with Crippen molar-refractivity contribution in [1.82, 2.24) is 20.2 Å². The Morgan fingerprint density at radius 1 is 1.07 bits per heavy atom. The van der Waals surface area contributed by atoms with Gasteiger partial charge in [-0.25, -0.2) is 14.8 Å². The van der Waals surface area contributed by atoms with Crippen LogP contribution in [-0.2, 0) is 4.79 Å². The van der Waals surface area contributed by atoms with Gasteiger partial charge >= 0.3 is 6.03 Å². The van der Waals surface area contributed by atoms with Crippen molar-refractivity contribution in [3.8, 4) is 0 Å². The highest BCUT2D eigenvalue weighted by atomic mass is 32.1. The molecule has 1 aliphatic heterocycles. The Hall–Kier alpha value is -3.04. The van der Waals surface area contributed by atoms with E-state index in [1.54, 1.807) is 17.7 Å². The molecule has 0 aliphatic carbocycles. The maximum Gasteiger partial charge on any atom is 0.325 e. The Morgan fingerprint density at radius 3 is 2.63 bits per heavy atom. The van der Waals surface area contributed by atoms with Gasteiger partial charge in [0.15, 0.2) is 0 Å². The molecule has 1 fully saturated rings. The molecule has 9 heteroatoms. The number of carbonyl (C=O) groups excluding carboxylic acids is 2. The Balaban J connectivity index is 1.26. The lowest BCUT2D eigenvalue weighted by Crippen LogP contribution is -2.50. The summed E-state index contributed by atoms with van der Waals surface area (Å²) in [5.74, 6) is 0.630. The van der Waals surface area contributed by atoms with Crippen LogP contribution in [0.2, 0.25) is 0 Å². The molecule has 8 nitrogen and oxygen atoms in total. The Morgan fingerprint density at radius 2 is 1.87 bits per heavy atom. The molecule has 30 heavy (non-hydrogen) atoms. The minimum absolute atomic E-state index is 0.186. The van der Waals surface area contributed by atoms with Crippen LogP contribution >= 0.6 is 11.3 Å². The van der Waals surface area contributed by atoms with Crippen molar-refractivity contribution in [2.45, 2.75) is 13.8 Å². The van der Waals surface area contributed by atoms with Gasteiger partial charge in [0.1, 0.15) is 17.0 Å². The normalized spacial score (nSPS) is 14.7. The molecule has 0 unspecified atom stereocenters. The van der Waals surface area contributed by atoms with Gasteiger partial charge in [-0.2, -0.15) is 0 Å². The molecule has 1 saturated heterocycles. The van der Waals surface area contributed by atoms with Crippen LogP contribution in [-0.4, -0.2) is 59.5 Å². The number of carbonyl (C=O) groups is 2. The summed E-state index contributed by atoms with van der Waals surface area (Å²) in [7, 11) is 0. The van der Waals surface area contributed by atoms with Crippen LogP contribution < -0.4 is 15.5 Å². The molecule has 3 amide bonds.